The van der Waals surface area contributed by atoms with Gasteiger partial charge in [-0.3, -0.25) is 4.68 Å². The standard InChI is InChI=1S/C14H18N2O/c1-16-14(10-5-3-2-4-6-10)12-9-11(17)7-8-13(12)15-16/h7-10,17H,2-6H2,1H3. The van der Waals surface area contributed by atoms with Crippen LogP contribution in [-0.2, 0) is 7.05 Å². The molecule has 90 valence electrons. The Labute approximate surface area is 101 Å². The van der Waals surface area contributed by atoms with Crippen molar-refractivity contribution in [1.29, 1.82) is 0 Å². The van der Waals surface area contributed by atoms with Crippen LogP contribution in [0.1, 0.15) is 43.7 Å². The zero-order valence-electron chi connectivity index (χ0n) is 10.2. The normalized spacial score (nSPS) is 17.7. The molecule has 1 saturated carbocycles. The number of aryl methyl sites for hydroxylation is 1. The minimum absolute atomic E-state index is 0.336. The van der Waals surface area contributed by atoms with Crippen molar-refractivity contribution in [2.24, 2.45) is 7.05 Å². The highest BCUT2D eigenvalue weighted by Gasteiger charge is 2.21. The minimum Gasteiger partial charge on any atom is -0.508 e. The van der Waals surface area contributed by atoms with Crippen molar-refractivity contribution >= 4 is 10.9 Å². The van der Waals surface area contributed by atoms with E-state index in [4.69, 9.17) is 0 Å². The lowest BCUT2D eigenvalue weighted by Gasteiger charge is -2.22. The van der Waals surface area contributed by atoms with E-state index in [2.05, 4.69) is 5.10 Å². The minimum atomic E-state index is 0.336. The molecule has 1 aromatic carbocycles. The van der Waals surface area contributed by atoms with E-state index in [1.807, 2.05) is 23.9 Å². The Kier molecular flexibility index (Phi) is 2.54. The Bertz CT molecular complexity index is 538. The summed E-state index contributed by atoms with van der Waals surface area (Å²) in [5.41, 5.74) is 2.29. The van der Waals surface area contributed by atoms with Gasteiger partial charge >= 0.3 is 0 Å². The van der Waals surface area contributed by atoms with E-state index in [1.54, 1.807) is 6.07 Å². The zero-order valence-corrected chi connectivity index (χ0v) is 10.2. The first-order chi connectivity index (χ1) is 8.25. The van der Waals surface area contributed by atoms with Gasteiger partial charge in [-0.05, 0) is 31.0 Å². The number of benzene rings is 1. The molecule has 1 aliphatic rings. The summed E-state index contributed by atoms with van der Waals surface area (Å²) in [6, 6.07) is 5.46. The molecule has 3 nitrogen and oxygen atoms in total. The quantitative estimate of drug-likeness (QED) is 0.816. The molecule has 0 amide bonds. The number of rotatable bonds is 1. The van der Waals surface area contributed by atoms with E-state index in [0.29, 0.717) is 11.7 Å². The lowest BCUT2D eigenvalue weighted by atomic mass is 9.85. The maximum Gasteiger partial charge on any atom is 0.116 e. The lowest BCUT2D eigenvalue weighted by molar-refractivity contribution is 0.426. The largest absolute Gasteiger partial charge is 0.508 e. The summed E-state index contributed by atoms with van der Waals surface area (Å²) in [7, 11) is 2.01. The Morgan fingerprint density at radius 2 is 2.00 bits per heavy atom. The summed E-state index contributed by atoms with van der Waals surface area (Å²) in [6.45, 7) is 0. The highest BCUT2D eigenvalue weighted by Crippen LogP contribution is 2.36. The molecule has 1 aromatic heterocycles. The van der Waals surface area contributed by atoms with Gasteiger partial charge < -0.3 is 5.11 Å². The average molecular weight is 230 g/mol. The van der Waals surface area contributed by atoms with Crippen molar-refractivity contribution in [2.45, 2.75) is 38.0 Å². The molecule has 1 N–H and O–H groups in total. The zero-order chi connectivity index (χ0) is 11.8. The van der Waals surface area contributed by atoms with E-state index in [-0.39, 0.29) is 0 Å². The third-order valence-corrected chi connectivity index (χ3v) is 3.85. The molecule has 0 spiro atoms. The van der Waals surface area contributed by atoms with Crippen LogP contribution in [0.3, 0.4) is 0 Å². The Hall–Kier alpha value is -1.51. The van der Waals surface area contributed by atoms with Crippen LogP contribution >= 0.6 is 0 Å². The van der Waals surface area contributed by atoms with Crippen molar-refractivity contribution in [1.82, 2.24) is 9.78 Å². The molecule has 17 heavy (non-hydrogen) atoms. The van der Waals surface area contributed by atoms with Crippen molar-refractivity contribution in [3.8, 4) is 5.75 Å². The Balaban J connectivity index is 2.13. The van der Waals surface area contributed by atoms with Crippen LogP contribution in [0.25, 0.3) is 10.9 Å². The van der Waals surface area contributed by atoms with Crippen LogP contribution in [0, 0.1) is 0 Å². The molecule has 1 heterocycles. The first-order valence-corrected chi connectivity index (χ1v) is 6.41. The van der Waals surface area contributed by atoms with Gasteiger partial charge in [0, 0.05) is 24.0 Å². The first kappa shape index (κ1) is 10.6. The maximum absolute atomic E-state index is 9.63. The summed E-state index contributed by atoms with van der Waals surface area (Å²) in [4.78, 5) is 0. The van der Waals surface area contributed by atoms with Crippen molar-refractivity contribution in [3.05, 3.63) is 23.9 Å². The van der Waals surface area contributed by atoms with Gasteiger partial charge in [-0.1, -0.05) is 19.3 Å². The van der Waals surface area contributed by atoms with Gasteiger partial charge in [-0.25, -0.2) is 0 Å². The molecule has 2 aromatic rings. The number of hydrogen-bond acceptors (Lipinski definition) is 2. The molecule has 0 atom stereocenters. The number of nitrogens with zero attached hydrogens (tertiary/aromatic N) is 2. The average Bonchev–Trinajstić information content (AvgIpc) is 2.65. The van der Waals surface area contributed by atoms with Crippen molar-refractivity contribution in [3.63, 3.8) is 0 Å². The van der Waals surface area contributed by atoms with Crippen molar-refractivity contribution in [2.75, 3.05) is 0 Å². The second-order valence-electron chi connectivity index (χ2n) is 5.05. The van der Waals surface area contributed by atoms with Gasteiger partial charge in [0.25, 0.3) is 0 Å². The summed E-state index contributed by atoms with van der Waals surface area (Å²) in [5.74, 6) is 0.947. The summed E-state index contributed by atoms with van der Waals surface area (Å²) in [5, 5.41) is 15.3. The molecule has 3 rings (SSSR count). The second kappa shape index (κ2) is 4.06. The number of aromatic nitrogens is 2. The van der Waals surface area contributed by atoms with Gasteiger partial charge in [0.15, 0.2) is 0 Å². The molecule has 0 aliphatic heterocycles. The molecule has 3 heteroatoms. The SMILES string of the molecule is Cn1nc2ccc(O)cc2c1C1CCCCC1. The number of aromatic hydroxyl groups is 1. The van der Waals surface area contributed by atoms with Crippen LogP contribution in [-0.4, -0.2) is 14.9 Å². The van der Waals surface area contributed by atoms with Gasteiger partial charge in [-0.2, -0.15) is 5.10 Å². The molecule has 0 saturated heterocycles. The van der Waals surface area contributed by atoms with E-state index in [1.165, 1.54) is 37.8 Å². The second-order valence-corrected chi connectivity index (χ2v) is 5.05. The maximum atomic E-state index is 9.63. The van der Waals surface area contributed by atoms with Crippen molar-refractivity contribution < 1.29 is 5.11 Å². The number of phenols is 1. The molecule has 0 bridgehead atoms. The third-order valence-electron chi connectivity index (χ3n) is 3.85. The predicted octanol–water partition coefficient (Wildman–Crippen LogP) is 3.33. The summed E-state index contributed by atoms with van der Waals surface area (Å²) in [6.07, 6.45) is 6.50. The fourth-order valence-electron chi connectivity index (χ4n) is 3.07. The fraction of sp³-hybridized carbons (Fsp3) is 0.500. The van der Waals surface area contributed by atoms with Crippen LogP contribution in [0.2, 0.25) is 0 Å². The molecule has 1 aliphatic carbocycles. The topological polar surface area (TPSA) is 38.0 Å². The van der Waals surface area contributed by atoms with E-state index < -0.39 is 0 Å². The predicted molar refractivity (Wildman–Crippen MR) is 68.2 cm³/mol. The molecule has 1 fully saturated rings. The lowest BCUT2D eigenvalue weighted by Crippen LogP contribution is -2.09. The van der Waals surface area contributed by atoms with Gasteiger partial charge in [-0.15, -0.1) is 0 Å². The number of hydrogen-bond donors (Lipinski definition) is 1. The van der Waals surface area contributed by atoms with Crippen LogP contribution in [0.5, 0.6) is 5.75 Å². The smallest absolute Gasteiger partial charge is 0.116 e. The van der Waals surface area contributed by atoms with Crippen LogP contribution in [0.15, 0.2) is 18.2 Å². The van der Waals surface area contributed by atoms with Crippen LogP contribution in [0.4, 0.5) is 0 Å². The highest BCUT2D eigenvalue weighted by atomic mass is 16.3. The summed E-state index contributed by atoms with van der Waals surface area (Å²) < 4.78 is 2.00. The van der Waals surface area contributed by atoms with E-state index >= 15 is 0 Å². The van der Waals surface area contributed by atoms with Gasteiger partial charge in [0.2, 0.25) is 0 Å². The summed E-state index contributed by atoms with van der Waals surface area (Å²) >= 11 is 0. The monoisotopic (exact) mass is 230 g/mol. The number of phenolic OH excluding ortho intramolecular Hbond substituents is 1. The molecule has 0 unspecified atom stereocenters. The number of fused-ring (bicyclic) bond motifs is 1. The van der Waals surface area contributed by atoms with E-state index in [9.17, 15) is 5.11 Å². The first-order valence-electron chi connectivity index (χ1n) is 6.41. The fourth-order valence-corrected chi connectivity index (χ4v) is 3.07. The Morgan fingerprint density at radius 3 is 2.76 bits per heavy atom. The third kappa shape index (κ3) is 1.79. The van der Waals surface area contributed by atoms with Gasteiger partial charge in [0.05, 0.1) is 5.52 Å². The highest BCUT2D eigenvalue weighted by molar-refractivity contribution is 5.83. The van der Waals surface area contributed by atoms with Gasteiger partial charge in [0.1, 0.15) is 5.75 Å². The van der Waals surface area contributed by atoms with E-state index in [0.717, 1.165) is 10.9 Å². The molecular formula is C14H18N2O. The Morgan fingerprint density at radius 1 is 1.24 bits per heavy atom. The van der Waals surface area contributed by atoms with Crippen LogP contribution < -0.4 is 0 Å². The molecule has 0 radical (unpaired) electrons. The molecular weight excluding hydrogens is 212 g/mol.